The van der Waals surface area contributed by atoms with E-state index in [1.165, 1.54) is 38.2 Å². The maximum atomic E-state index is 13.5. The minimum absolute atomic E-state index is 0.354. The standard InChI is InChI=1S/C15H22BrF2N/c1-2-3-4-5-6-7-8-9-19-15-13(16)10-12(17)11-14(15)18/h10-11,19H,2-9H2,1H3. The highest BCUT2D eigenvalue weighted by atomic mass is 79.9. The smallest absolute Gasteiger partial charge is 0.150 e. The second-order valence-corrected chi connectivity index (χ2v) is 5.65. The van der Waals surface area contributed by atoms with E-state index in [1.54, 1.807) is 0 Å². The predicted octanol–water partition coefficient (Wildman–Crippen LogP) is 5.89. The van der Waals surface area contributed by atoms with Gasteiger partial charge in [-0.25, -0.2) is 8.78 Å². The molecular weight excluding hydrogens is 312 g/mol. The Morgan fingerprint density at radius 1 is 1.00 bits per heavy atom. The lowest BCUT2D eigenvalue weighted by atomic mass is 10.1. The van der Waals surface area contributed by atoms with Crippen LogP contribution in [0.5, 0.6) is 0 Å². The molecule has 4 heteroatoms. The van der Waals surface area contributed by atoms with Crippen LogP contribution in [0.15, 0.2) is 16.6 Å². The van der Waals surface area contributed by atoms with Crippen molar-refractivity contribution in [3.05, 3.63) is 28.2 Å². The van der Waals surface area contributed by atoms with Gasteiger partial charge in [0.2, 0.25) is 0 Å². The fraction of sp³-hybridized carbons (Fsp3) is 0.600. The number of halogens is 3. The molecule has 0 aliphatic carbocycles. The molecule has 0 aliphatic heterocycles. The summed E-state index contributed by atoms with van der Waals surface area (Å²) in [5, 5.41) is 3.02. The zero-order valence-electron chi connectivity index (χ0n) is 11.4. The fourth-order valence-electron chi connectivity index (χ4n) is 2.01. The van der Waals surface area contributed by atoms with Crippen LogP contribution >= 0.6 is 15.9 Å². The van der Waals surface area contributed by atoms with Gasteiger partial charge in [0.25, 0.3) is 0 Å². The molecule has 1 aromatic carbocycles. The summed E-state index contributed by atoms with van der Waals surface area (Å²) in [5.41, 5.74) is 0.354. The fourth-order valence-corrected chi connectivity index (χ4v) is 2.55. The average molecular weight is 334 g/mol. The third-order valence-corrected chi connectivity index (χ3v) is 3.71. The zero-order chi connectivity index (χ0) is 14.1. The van der Waals surface area contributed by atoms with E-state index in [1.807, 2.05) is 0 Å². The van der Waals surface area contributed by atoms with Crippen LogP contribution in [0.25, 0.3) is 0 Å². The van der Waals surface area contributed by atoms with Gasteiger partial charge < -0.3 is 5.32 Å². The molecule has 0 aromatic heterocycles. The molecule has 0 bridgehead atoms. The average Bonchev–Trinajstić information content (AvgIpc) is 2.35. The van der Waals surface area contributed by atoms with E-state index in [-0.39, 0.29) is 0 Å². The van der Waals surface area contributed by atoms with Gasteiger partial charge in [0.1, 0.15) is 11.6 Å². The Kier molecular flexibility index (Phi) is 8.03. The van der Waals surface area contributed by atoms with Gasteiger partial charge in [0.05, 0.1) is 5.69 Å². The van der Waals surface area contributed by atoms with Gasteiger partial charge in [-0.05, 0) is 28.4 Å². The first kappa shape index (κ1) is 16.4. The first-order valence-electron chi connectivity index (χ1n) is 7.03. The molecule has 0 unspecified atom stereocenters. The van der Waals surface area contributed by atoms with Crippen molar-refractivity contribution in [1.82, 2.24) is 0 Å². The summed E-state index contributed by atoms with van der Waals surface area (Å²) < 4.78 is 26.8. The SMILES string of the molecule is CCCCCCCCCNc1c(F)cc(F)cc1Br. The maximum Gasteiger partial charge on any atom is 0.150 e. The number of anilines is 1. The topological polar surface area (TPSA) is 12.0 Å². The van der Waals surface area contributed by atoms with Gasteiger partial charge in [0, 0.05) is 17.1 Å². The van der Waals surface area contributed by atoms with E-state index in [0.29, 0.717) is 10.2 Å². The van der Waals surface area contributed by atoms with Gasteiger partial charge in [-0.15, -0.1) is 0 Å². The van der Waals surface area contributed by atoms with Crippen LogP contribution in [0.1, 0.15) is 51.9 Å². The summed E-state index contributed by atoms with van der Waals surface area (Å²) in [6, 6.07) is 2.17. The molecule has 1 N–H and O–H groups in total. The number of unbranched alkanes of at least 4 members (excludes halogenated alkanes) is 6. The molecule has 0 fully saturated rings. The minimum Gasteiger partial charge on any atom is -0.382 e. The van der Waals surface area contributed by atoms with Crippen molar-refractivity contribution in [3.63, 3.8) is 0 Å². The quantitative estimate of drug-likeness (QED) is 0.555. The van der Waals surface area contributed by atoms with Crippen LogP contribution < -0.4 is 5.32 Å². The molecule has 0 spiro atoms. The van der Waals surface area contributed by atoms with Gasteiger partial charge in [-0.3, -0.25) is 0 Å². The summed E-state index contributed by atoms with van der Waals surface area (Å²) in [6.45, 7) is 2.92. The Balaban J connectivity index is 2.19. The van der Waals surface area contributed by atoms with E-state index in [0.717, 1.165) is 25.5 Å². The first-order chi connectivity index (χ1) is 9.15. The van der Waals surface area contributed by atoms with E-state index >= 15 is 0 Å². The van der Waals surface area contributed by atoms with E-state index in [4.69, 9.17) is 0 Å². The molecule has 1 nitrogen and oxygen atoms in total. The van der Waals surface area contributed by atoms with Crippen LogP contribution in [-0.2, 0) is 0 Å². The number of nitrogens with one attached hydrogen (secondary N) is 1. The monoisotopic (exact) mass is 333 g/mol. The summed E-state index contributed by atoms with van der Waals surface area (Å²) in [7, 11) is 0. The Morgan fingerprint density at radius 3 is 2.26 bits per heavy atom. The van der Waals surface area contributed by atoms with E-state index in [2.05, 4.69) is 28.2 Å². The largest absolute Gasteiger partial charge is 0.382 e. The van der Waals surface area contributed by atoms with Crippen molar-refractivity contribution in [1.29, 1.82) is 0 Å². The van der Waals surface area contributed by atoms with Crippen LogP contribution in [-0.4, -0.2) is 6.54 Å². The zero-order valence-corrected chi connectivity index (χ0v) is 13.0. The predicted molar refractivity (Wildman–Crippen MR) is 80.5 cm³/mol. The summed E-state index contributed by atoms with van der Waals surface area (Å²) in [6.07, 6.45) is 8.55. The second kappa shape index (κ2) is 9.29. The maximum absolute atomic E-state index is 13.5. The number of hydrogen-bond donors (Lipinski definition) is 1. The molecule has 0 saturated heterocycles. The van der Waals surface area contributed by atoms with Crippen molar-refractivity contribution >= 4 is 21.6 Å². The van der Waals surface area contributed by atoms with Crippen LogP contribution in [0.2, 0.25) is 0 Å². The van der Waals surface area contributed by atoms with E-state index < -0.39 is 11.6 Å². The van der Waals surface area contributed by atoms with Gasteiger partial charge in [-0.1, -0.05) is 45.4 Å². The lowest BCUT2D eigenvalue weighted by Crippen LogP contribution is -2.04. The Hall–Kier alpha value is -0.640. The molecule has 0 aliphatic rings. The van der Waals surface area contributed by atoms with Crippen molar-refractivity contribution < 1.29 is 8.78 Å². The van der Waals surface area contributed by atoms with Crippen LogP contribution in [0.4, 0.5) is 14.5 Å². The highest BCUT2D eigenvalue weighted by Crippen LogP contribution is 2.26. The summed E-state index contributed by atoms with van der Waals surface area (Å²) >= 11 is 3.17. The molecule has 0 heterocycles. The lowest BCUT2D eigenvalue weighted by Gasteiger charge is -2.09. The molecule has 0 atom stereocenters. The van der Waals surface area contributed by atoms with Gasteiger partial charge in [0.15, 0.2) is 0 Å². The highest BCUT2D eigenvalue weighted by molar-refractivity contribution is 9.10. The Morgan fingerprint density at radius 2 is 1.63 bits per heavy atom. The van der Waals surface area contributed by atoms with Gasteiger partial charge in [-0.2, -0.15) is 0 Å². The first-order valence-corrected chi connectivity index (χ1v) is 7.83. The number of hydrogen-bond acceptors (Lipinski definition) is 1. The third kappa shape index (κ3) is 6.37. The molecule has 0 saturated carbocycles. The highest BCUT2D eigenvalue weighted by Gasteiger charge is 2.08. The number of rotatable bonds is 9. The van der Waals surface area contributed by atoms with Crippen molar-refractivity contribution in [3.8, 4) is 0 Å². The normalized spacial score (nSPS) is 10.7. The molecule has 1 aromatic rings. The van der Waals surface area contributed by atoms with Crippen molar-refractivity contribution in [2.75, 3.05) is 11.9 Å². The Bertz CT molecular complexity index is 359. The minimum atomic E-state index is -0.564. The van der Waals surface area contributed by atoms with Crippen LogP contribution in [0.3, 0.4) is 0 Å². The van der Waals surface area contributed by atoms with Crippen molar-refractivity contribution in [2.45, 2.75) is 51.9 Å². The number of benzene rings is 1. The third-order valence-electron chi connectivity index (χ3n) is 3.09. The van der Waals surface area contributed by atoms with E-state index in [9.17, 15) is 8.78 Å². The summed E-state index contributed by atoms with van der Waals surface area (Å²) in [5.74, 6) is -1.11. The molecular formula is C15H22BrF2N. The molecule has 1 rings (SSSR count). The summed E-state index contributed by atoms with van der Waals surface area (Å²) in [4.78, 5) is 0. The molecule has 0 amide bonds. The van der Waals surface area contributed by atoms with Crippen LogP contribution in [0, 0.1) is 11.6 Å². The molecule has 0 radical (unpaired) electrons. The van der Waals surface area contributed by atoms with Gasteiger partial charge >= 0.3 is 0 Å². The van der Waals surface area contributed by atoms with Crippen molar-refractivity contribution in [2.24, 2.45) is 0 Å². The lowest BCUT2D eigenvalue weighted by molar-refractivity contribution is 0.580. The Labute approximate surface area is 122 Å². The molecule has 108 valence electrons. The second-order valence-electron chi connectivity index (χ2n) is 4.79. The molecule has 19 heavy (non-hydrogen) atoms.